The Bertz CT molecular complexity index is 566. The van der Waals surface area contributed by atoms with Crippen LogP contribution in [0.15, 0.2) is 24.4 Å². The lowest BCUT2D eigenvalue weighted by Gasteiger charge is -2.38. The topological polar surface area (TPSA) is 41.0 Å². The molecule has 4 heteroatoms. The fraction of sp³-hybridized carbons (Fsp3) is 0.684. The van der Waals surface area contributed by atoms with Gasteiger partial charge in [-0.25, -0.2) is 0 Å². The van der Waals surface area contributed by atoms with Gasteiger partial charge in [0.25, 0.3) is 0 Å². The Morgan fingerprint density at radius 3 is 2.96 bits per heavy atom. The van der Waals surface area contributed by atoms with E-state index in [1.165, 1.54) is 36.9 Å². The number of aromatic nitrogens is 2. The first kappa shape index (κ1) is 16.3. The monoisotopic (exact) mass is 314 g/mol. The predicted molar refractivity (Wildman–Crippen MR) is 96.8 cm³/mol. The van der Waals surface area contributed by atoms with E-state index >= 15 is 0 Å². The van der Waals surface area contributed by atoms with E-state index in [-0.39, 0.29) is 5.41 Å². The molecule has 1 unspecified atom stereocenters. The van der Waals surface area contributed by atoms with Gasteiger partial charge < -0.3 is 10.2 Å². The molecular weight excluding hydrogens is 284 g/mol. The maximum absolute atomic E-state index is 4.37. The van der Waals surface area contributed by atoms with E-state index in [0.717, 1.165) is 31.4 Å². The minimum atomic E-state index is 0.268. The van der Waals surface area contributed by atoms with Crippen molar-refractivity contribution in [2.75, 3.05) is 29.9 Å². The molecule has 1 aliphatic carbocycles. The highest BCUT2D eigenvalue weighted by Crippen LogP contribution is 2.42. The zero-order valence-corrected chi connectivity index (χ0v) is 14.8. The second-order valence-corrected chi connectivity index (χ2v) is 8.02. The molecule has 1 aliphatic heterocycles. The molecule has 4 nitrogen and oxygen atoms in total. The molecule has 1 aromatic rings. The number of anilines is 2. The van der Waals surface area contributed by atoms with E-state index in [1.54, 1.807) is 0 Å². The smallest absolute Gasteiger partial charge is 0.150 e. The van der Waals surface area contributed by atoms with Crippen molar-refractivity contribution >= 4 is 11.5 Å². The van der Waals surface area contributed by atoms with E-state index < -0.39 is 0 Å². The summed E-state index contributed by atoms with van der Waals surface area (Å²) in [5.41, 5.74) is 2.84. The van der Waals surface area contributed by atoms with Gasteiger partial charge in [-0.15, -0.1) is 5.10 Å². The molecule has 23 heavy (non-hydrogen) atoms. The second-order valence-electron chi connectivity index (χ2n) is 8.02. The standard InChI is InChI=1S/C19H30N4/c1-14-7-9-23(13-14)17-10-18(22-21-12-17)20-11-16-6-5-8-19(3,4)15(16)2/h10,12,14,16H,2,5-9,11,13H2,1,3-4H3,(H,20,22)/t14-,16?/m1/s1. The van der Waals surface area contributed by atoms with Crippen molar-refractivity contribution in [3.05, 3.63) is 24.4 Å². The summed E-state index contributed by atoms with van der Waals surface area (Å²) in [5.74, 6) is 2.20. The fourth-order valence-electron chi connectivity index (χ4n) is 3.92. The van der Waals surface area contributed by atoms with Crippen LogP contribution in [-0.2, 0) is 0 Å². The number of hydrogen-bond donors (Lipinski definition) is 1. The summed E-state index contributed by atoms with van der Waals surface area (Å²) >= 11 is 0. The molecule has 2 fully saturated rings. The highest BCUT2D eigenvalue weighted by Gasteiger charge is 2.31. The number of hydrogen-bond acceptors (Lipinski definition) is 4. The Kier molecular flexibility index (Phi) is 4.60. The quantitative estimate of drug-likeness (QED) is 0.849. The van der Waals surface area contributed by atoms with Gasteiger partial charge in [-0.2, -0.15) is 5.10 Å². The van der Waals surface area contributed by atoms with Gasteiger partial charge in [0.15, 0.2) is 5.82 Å². The molecule has 0 amide bonds. The molecule has 2 aliphatic rings. The lowest BCUT2D eigenvalue weighted by molar-refractivity contribution is 0.286. The van der Waals surface area contributed by atoms with Gasteiger partial charge >= 0.3 is 0 Å². The van der Waals surface area contributed by atoms with E-state index in [0.29, 0.717) is 5.92 Å². The minimum absolute atomic E-state index is 0.268. The molecule has 2 heterocycles. The Balaban J connectivity index is 1.61. The molecule has 0 spiro atoms. The molecule has 1 saturated heterocycles. The van der Waals surface area contributed by atoms with Crippen LogP contribution in [0.1, 0.15) is 46.5 Å². The van der Waals surface area contributed by atoms with Crippen molar-refractivity contribution in [3.63, 3.8) is 0 Å². The first-order valence-electron chi connectivity index (χ1n) is 8.96. The molecule has 1 saturated carbocycles. The van der Waals surface area contributed by atoms with Crippen molar-refractivity contribution in [3.8, 4) is 0 Å². The maximum Gasteiger partial charge on any atom is 0.150 e. The third kappa shape index (κ3) is 3.67. The van der Waals surface area contributed by atoms with Crippen molar-refractivity contribution in [1.82, 2.24) is 10.2 Å². The Morgan fingerprint density at radius 1 is 1.39 bits per heavy atom. The predicted octanol–water partition coefficient (Wildman–Crippen LogP) is 4.12. The van der Waals surface area contributed by atoms with Crippen LogP contribution in [0.4, 0.5) is 11.5 Å². The van der Waals surface area contributed by atoms with Gasteiger partial charge in [-0.05, 0) is 36.5 Å². The van der Waals surface area contributed by atoms with Crippen LogP contribution in [0.5, 0.6) is 0 Å². The van der Waals surface area contributed by atoms with Crippen molar-refractivity contribution in [1.29, 1.82) is 0 Å². The Hall–Kier alpha value is -1.58. The molecule has 126 valence electrons. The Morgan fingerprint density at radius 2 is 2.22 bits per heavy atom. The van der Waals surface area contributed by atoms with Crippen molar-refractivity contribution in [2.45, 2.75) is 46.5 Å². The first-order valence-corrected chi connectivity index (χ1v) is 8.96. The Labute approximate surface area is 140 Å². The molecule has 1 aromatic heterocycles. The van der Waals surface area contributed by atoms with Gasteiger partial charge in [0.05, 0.1) is 11.9 Å². The molecule has 1 N–H and O–H groups in total. The summed E-state index contributed by atoms with van der Waals surface area (Å²) in [4.78, 5) is 2.41. The summed E-state index contributed by atoms with van der Waals surface area (Å²) in [5, 5.41) is 11.9. The summed E-state index contributed by atoms with van der Waals surface area (Å²) in [6.45, 7) is 14.5. The summed E-state index contributed by atoms with van der Waals surface area (Å²) in [6.07, 6.45) is 6.92. The highest BCUT2D eigenvalue weighted by atomic mass is 15.2. The molecule has 0 radical (unpaired) electrons. The third-order valence-electron chi connectivity index (χ3n) is 5.68. The summed E-state index contributed by atoms with van der Waals surface area (Å²) in [6, 6.07) is 2.14. The average Bonchev–Trinajstić information content (AvgIpc) is 2.96. The third-order valence-corrected chi connectivity index (χ3v) is 5.68. The first-order chi connectivity index (χ1) is 11.0. The van der Waals surface area contributed by atoms with Crippen LogP contribution in [-0.4, -0.2) is 29.8 Å². The molecule has 0 bridgehead atoms. The number of nitrogens with zero attached hydrogens (tertiary/aromatic N) is 3. The van der Waals surface area contributed by atoms with E-state index in [1.807, 2.05) is 6.20 Å². The lowest BCUT2D eigenvalue weighted by Crippen LogP contribution is -2.30. The molecule has 0 aromatic carbocycles. The van der Waals surface area contributed by atoms with Crippen LogP contribution in [0, 0.1) is 17.3 Å². The van der Waals surface area contributed by atoms with E-state index in [2.05, 4.69) is 53.8 Å². The largest absolute Gasteiger partial charge is 0.370 e. The summed E-state index contributed by atoms with van der Waals surface area (Å²) < 4.78 is 0. The minimum Gasteiger partial charge on any atom is -0.370 e. The number of nitrogens with one attached hydrogen (secondary N) is 1. The normalized spacial score (nSPS) is 27.3. The summed E-state index contributed by atoms with van der Waals surface area (Å²) in [7, 11) is 0. The van der Waals surface area contributed by atoms with E-state index in [9.17, 15) is 0 Å². The van der Waals surface area contributed by atoms with Gasteiger partial charge in [0.1, 0.15) is 0 Å². The maximum atomic E-state index is 4.37. The van der Waals surface area contributed by atoms with Gasteiger partial charge in [-0.3, -0.25) is 0 Å². The van der Waals surface area contributed by atoms with Crippen molar-refractivity contribution < 1.29 is 0 Å². The van der Waals surface area contributed by atoms with Crippen LogP contribution in [0.25, 0.3) is 0 Å². The SMILES string of the molecule is C=C1C(CNc2cc(N3CC[C@@H](C)C3)cnn2)CCCC1(C)C. The van der Waals surface area contributed by atoms with Crippen LogP contribution >= 0.6 is 0 Å². The van der Waals surface area contributed by atoms with Gasteiger partial charge in [0, 0.05) is 25.7 Å². The highest BCUT2D eigenvalue weighted by molar-refractivity contribution is 5.52. The zero-order chi connectivity index (χ0) is 16.4. The molecular formula is C19H30N4. The van der Waals surface area contributed by atoms with Crippen LogP contribution in [0.2, 0.25) is 0 Å². The lowest BCUT2D eigenvalue weighted by atomic mass is 9.68. The van der Waals surface area contributed by atoms with Crippen LogP contribution in [0.3, 0.4) is 0 Å². The van der Waals surface area contributed by atoms with Crippen molar-refractivity contribution in [2.24, 2.45) is 17.3 Å². The van der Waals surface area contributed by atoms with Crippen LogP contribution < -0.4 is 10.2 Å². The van der Waals surface area contributed by atoms with Gasteiger partial charge in [0.2, 0.25) is 0 Å². The second kappa shape index (κ2) is 6.50. The fourth-order valence-corrected chi connectivity index (χ4v) is 3.92. The number of rotatable bonds is 4. The van der Waals surface area contributed by atoms with E-state index in [4.69, 9.17) is 0 Å². The van der Waals surface area contributed by atoms with Gasteiger partial charge in [-0.1, -0.05) is 39.3 Å². The average molecular weight is 314 g/mol. The molecule has 2 atom stereocenters. The molecule has 3 rings (SSSR count). The zero-order valence-electron chi connectivity index (χ0n) is 14.8.